The summed E-state index contributed by atoms with van der Waals surface area (Å²) >= 11 is 0. The summed E-state index contributed by atoms with van der Waals surface area (Å²) in [5, 5.41) is 5.42. The zero-order valence-corrected chi connectivity index (χ0v) is 14.6. The lowest BCUT2D eigenvalue weighted by molar-refractivity contribution is -0.0842. The second-order valence-corrected chi connectivity index (χ2v) is 7.19. The summed E-state index contributed by atoms with van der Waals surface area (Å²) in [6, 6.07) is 10.6. The van der Waals surface area contributed by atoms with Gasteiger partial charge in [-0.2, -0.15) is 0 Å². The van der Waals surface area contributed by atoms with Crippen molar-refractivity contribution in [1.29, 1.82) is 0 Å². The van der Waals surface area contributed by atoms with Crippen LogP contribution in [-0.2, 0) is 11.3 Å². The SMILES string of the molecule is CNC(=O)NC[C@H]1CCC2(CCN(Cc3ccccc3)CC2)CO1. The Balaban J connectivity index is 1.41. The van der Waals surface area contributed by atoms with E-state index >= 15 is 0 Å². The Morgan fingerprint density at radius 2 is 2.00 bits per heavy atom. The first kappa shape index (κ1) is 17.2. The highest BCUT2D eigenvalue weighted by atomic mass is 16.5. The molecule has 2 N–H and O–H groups in total. The van der Waals surface area contributed by atoms with Crippen LogP contribution in [0.25, 0.3) is 0 Å². The predicted molar refractivity (Wildman–Crippen MR) is 94.8 cm³/mol. The van der Waals surface area contributed by atoms with Crippen molar-refractivity contribution in [1.82, 2.24) is 15.5 Å². The fourth-order valence-electron chi connectivity index (χ4n) is 3.79. The molecular weight excluding hydrogens is 302 g/mol. The largest absolute Gasteiger partial charge is 0.376 e. The summed E-state index contributed by atoms with van der Waals surface area (Å²) in [4.78, 5) is 13.8. The maximum atomic E-state index is 11.3. The van der Waals surface area contributed by atoms with Crippen molar-refractivity contribution < 1.29 is 9.53 Å². The van der Waals surface area contributed by atoms with E-state index in [0.717, 1.165) is 32.7 Å². The third-order valence-corrected chi connectivity index (χ3v) is 5.50. The zero-order valence-electron chi connectivity index (χ0n) is 14.6. The van der Waals surface area contributed by atoms with Crippen LogP contribution in [0.5, 0.6) is 0 Å². The average Bonchev–Trinajstić information content (AvgIpc) is 2.64. The molecule has 1 aromatic rings. The number of rotatable bonds is 4. The minimum Gasteiger partial charge on any atom is -0.376 e. The normalized spacial score (nSPS) is 23.8. The van der Waals surface area contributed by atoms with E-state index in [1.54, 1.807) is 7.05 Å². The van der Waals surface area contributed by atoms with Gasteiger partial charge in [0.25, 0.3) is 0 Å². The highest BCUT2D eigenvalue weighted by Crippen LogP contribution is 2.40. The number of piperidine rings is 1. The minimum atomic E-state index is -0.131. The number of ether oxygens (including phenoxy) is 1. The first-order chi connectivity index (χ1) is 11.7. The van der Waals surface area contributed by atoms with Gasteiger partial charge in [0.05, 0.1) is 12.7 Å². The van der Waals surface area contributed by atoms with Crippen LogP contribution in [0.2, 0.25) is 0 Å². The van der Waals surface area contributed by atoms with Crippen LogP contribution in [0, 0.1) is 5.41 Å². The van der Waals surface area contributed by atoms with E-state index in [-0.39, 0.29) is 12.1 Å². The maximum Gasteiger partial charge on any atom is 0.314 e. The molecule has 1 atom stereocenters. The Labute approximate surface area is 144 Å². The number of carbonyl (C=O) groups is 1. The van der Waals surface area contributed by atoms with Gasteiger partial charge in [-0.15, -0.1) is 0 Å². The van der Waals surface area contributed by atoms with Crippen LogP contribution < -0.4 is 10.6 Å². The smallest absolute Gasteiger partial charge is 0.314 e. The monoisotopic (exact) mass is 331 g/mol. The molecule has 2 aliphatic heterocycles. The van der Waals surface area contributed by atoms with Crippen molar-refractivity contribution in [3.63, 3.8) is 0 Å². The fourth-order valence-corrected chi connectivity index (χ4v) is 3.79. The standard InChI is InChI=1S/C19H29N3O2/c1-20-18(23)21-13-17-7-8-19(15-24-17)9-11-22(12-10-19)14-16-5-3-2-4-6-16/h2-6,17H,7-15H2,1H3,(H2,20,21,23)/t17-/m1/s1. The third kappa shape index (κ3) is 4.48. The van der Waals surface area contributed by atoms with Gasteiger partial charge < -0.3 is 15.4 Å². The number of nitrogens with zero attached hydrogens (tertiary/aromatic N) is 1. The molecule has 24 heavy (non-hydrogen) atoms. The van der Waals surface area contributed by atoms with E-state index in [1.165, 1.54) is 24.8 Å². The molecule has 2 amide bonds. The number of hydrogen-bond acceptors (Lipinski definition) is 3. The van der Waals surface area contributed by atoms with E-state index in [9.17, 15) is 4.79 Å². The number of benzene rings is 1. The number of amides is 2. The third-order valence-electron chi connectivity index (χ3n) is 5.50. The molecule has 2 aliphatic rings. The Bertz CT molecular complexity index is 517. The molecule has 1 aromatic carbocycles. The van der Waals surface area contributed by atoms with Crippen molar-refractivity contribution in [2.24, 2.45) is 5.41 Å². The summed E-state index contributed by atoms with van der Waals surface area (Å²) in [7, 11) is 1.63. The van der Waals surface area contributed by atoms with Crippen molar-refractivity contribution in [3.8, 4) is 0 Å². The lowest BCUT2D eigenvalue weighted by atomic mass is 9.73. The highest BCUT2D eigenvalue weighted by Gasteiger charge is 2.38. The van der Waals surface area contributed by atoms with Gasteiger partial charge in [-0.25, -0.2) is 4.79 Å². The molecule has 1 spiro atoms. The van der Waals surface area contributed by atoms with Crippen LogP contribution in [-0.4, -0.2) is 50.3 Å². The zero-order chi connectivity index (χ0) is 16.8. The molecule has 0 radical (unpaired) electrons. The van der Waals surface area contributed by atoms with Gasteiger partial charge in [-0.3, -0.25) is 4.90 Å². The molecule has 5 nitrogen and oxygen atoms in total. The lowest BCUT2D eigenvalue weighted by Crippen LogP contribution is -2.48. The number of hydrogen-bond donors (Lipinski definition) is 2. The van der Waals surface area contributed by atoms with Crippen molar-refractivity contribution >= 4 is 6.03 Å². The predicted octanol–water partition coefficient (Wildman–Crippen LogP) is 2.38. The van der Waals surface area contributed by atoms with Crippen molar-refractivity contribution in [3.05, 3.63) is 35.9 Å². The van der Waals surface area contributed by atoms with Crippen LogP contribution in [0.15, 0.2) is 30.3 Å². The second kappa shape index (κ2) is 7.99. The van der Waals surface area contributed by atoms with Gasteiger partial charge in [0.15, 0.2) is 0 Å². The molecule has 2 saturated heterocycles. The molecule has 2 fully saturated rings. The molecule has 0 bridgehead atoms. The van der Waals surface area contributed by atoms with Gasteiger partial charge in [0, 0.05) is 20.1 Å². The van der Waals surface area contributed by atoms with E-state index in [1.807, 2.05) is 0 Å². The average molecular weight is 331 g/mol. The van der Waals surface area contributed by atoms with Crippen molar-refractivity contribution in [2.75, 3.05) is 33.3 Å². The number of likely N-dealkylation sites (tertiary alicyclic amines) is 1. The van der Waals surface area contributed by atoms with Gasteiger partial charge in [0.1, 0.15) is 0 Å². The quantitative estimate of drug-likeness (QED) is 0.891. The van der Waals surface area contributed by atoms with E-state index in [0.29, 0.717) is 12.0 Å². The molecule has 132 valence electrons. The first-order valence-electron chi connectivity index (χ1n) is 9.03. The van der Waals surface area contributed by atoms with E-state index in [2.05, 4.69) is 45.9 Å². The fraction of sp³-hybridized carbons (Fsp3) is 0.632. The summed E-state index contributed by atoms with van der Waals surface area (Å²) in [5.74, 6) is 0. The van der Waals surface area contributed by atoms with Gasteiger partial charge in [-0.05, 0) is 49.8 Å². The van der Waals surface area contributed by atoms with Gasteiger partial charge in [-0.1, -0.05) is 30.3 Å². The van der Waals surface area contributed by atoms with Crippen LogP contribution in [0.1, 0.15) is 31.2 Å². The second-order valence-electron chi connectivity index (χ2n) is 7.19. The van der Waals surface area contributed by atoms with Gasteiger partial charge in [0.2, 0.25) is 0 Å². The number of urea groups is 1. The van der Waals surface area contributed by atoms with Crippen LogP contribution >= 0.6 is 0 Å². The van der Waals surface area contributed by atoms with Crippen molar-refractivity contribution in [2.45, 2.75) is 38.3 Å². The maximum absolute atomic E-state index is 11.3. The Hall–Kier alpha value is -1.59. The molecule has 5 heteroatoms. The topological polar surface area (TPSA) is 53.6 Å². The molecule has 0 saturated carbocycles. The highest BCUT2D eigenvalue weighted by molar-refractivity contribution is 5.73. The molecular formula is C19H29N3O2. The van der Waals surface area contributed by atoms with Gasteiger partial charge >= 0.3 is 6.03 Å². The number of carbonyl (C=O) groups excluding carboxylic acids is 1. The summed E-state index contributed by atoms with van der Waals surface area (Å²) < 4.78 is 6.06. The van der Waals surface area contributed by atoms with E-state index < -0.39 is 0 Å². The molecule has 0 unspecified atom stereocenters. The summed E-state index contributed by atoms with van der Waals surface area (Å²) in [6.07, 6.45) is 4.86. The van der Waals surface area contributed by atoms with Crippen LogP contribution in [0.4, 0.5) is 4.79 Å². The molecule has 0 aliphatic carbocycles. The Kier molecular flexibility index (Phi) is 5.74. The summed E-state index contributed by atoms with van der Waals surface area (Å²) in [5.41, 5.74) is 1.75. The minimum absolute atomic E-state index is 0.131. The van der Waals surface area contributed by atoms with E-state index in [4.69, 9.17) is 4.74 Å². The Morgan fingerprint density at radius 1 is 1.25 bits per heavy atom. The number of nitrogens with one attached hydrogen (secondary N) is 2. The van der Waals surface area contributed by atoms with Crippen LogP contribution in [0.3, 0.4) is 0 Å². The molecule has 3 rings (SSSR count). The molecule has 2 heterocycles. The first-order valence-corrected chi connectivity index (χ1v) is 9.03. The lowest BCUT2D eigenvalue weighted by Gasteiger charge is -2.45. The Morgan fingerprint density at radius 3 is 2.62 bits per heavy atom. The summed E-state index contributed by atoms with van der Waals surface area (Å²) in [6.45, 7) is 4.80. The molecule has 0 aromatic heterocycles.